The maximum absolute atomic E-state index is 15.1. The summed E-state index contributed by atoms with van der Waals surface area (Å²) in [6, 6.07) is 0. The molecule has 7 heteroatoms. The third-order valence-electron chi connectivity index (χ3n) is 5.43. The zero-order valence-corrected chi connectivity index (χ0v) is 20.5. The van der Waals surface area contributed by atoms with Crippen LogP contribution in [0.25, 0.3) is 0 Å². The zero-order valence-electron chi connectivity index (χ0n) is 18.9. The smallest absolute Gasteiger partial charge is 0.211 e. The van der Waals surface area contributed by atoms with Gasteiger partial charge in [0, 0.05) is 24.4 Å². The maximum Gasteiger partial charge on any atom is 0.211 e. The number of morpholine rings is 1. The number of hydrogen-bond donors (Lipinski definition) is 0. The summed E-state index contributed by atoms with van der Waals surface area (Å²) >= 11 is 3.12. The number of amidine groups is 1. The Labute approximate surface area is 198 Å². The Hall–Kier alpha value is -2.22. The zero-order chi connectivity index (χ0) is 22.9. The molecule has 1 atom stereocenters. The fraction of sp³-hybridized carbons (Fsp3) is 0.360. The molecule has 1 unspecified atom stereocenters. The first kappa shape index (κ1) is 24.4. The van der Waals surface area contributed by atoms with E-state index in [-0.39, 0.29) is 11.7 Å². The molecule has 1 aliphatic heterocycles. The first-order valence-corrected chi connectivity index (χ1v) is 12.8. The SMILES string of the molecule is C=C/C(=C\C(F)=C(/C)C1=CCC=CC=C1)C(C)c1csc(/N=C(/SC)N2CCOCC2)n1. The van der Waals surface area contributed by atoms with Gasteiger partial charge in [-0.3, -0.25) is 0 Å². The first-order valence-electron chi connectivity index (χ1n) is 10.7. The van der Waals surface area contributed by atoms with Crippen molar-refractivity contribution >= 4 is 33.4 Å². The molecule has 4 nitrogen and oxygen atoms in total. The second-order valence-electron chi connectivity index (χ2n) is 7.48. The highest BCUT2D eigenvalue weighted by Gasteiger charge is 2.17. The lowest BCUT2D eigenvalue weighted by Crippen LogP contribution is -2.39. The van der Waals surface area contributed by atoms with Crippen molar-refractivity contribution in [1.29, 1.82) is 0 Å². The molecule has 0 saturated carbocycles. The van der Waals surface area contributed by atoms with Gasteiger partial charge in [0.2, 0.25) is 5.13 Å². The molecule has 0 radical (unpaired) electrons. The van der Waals surface area contributed by atoms with E-state index in [2.05, 4.69) is 11.5 Å². The molecule has 1 saturated heterocycles. The minimum absolute atomic E-state index is 0.0901. The number of ether oxygens (including phenoxy) is 1. The average Bonchev–Trinajstić information content (AvgIpc) is 3.12. The van der Waals surface area contributed by atoms with Gasteiger partial charge >= 0.3 is 0 Å². The number of thiazole rings is 1. The monoisotopic (exact) mass is 471 g/mol. The molecule has 2 aliphatic rings. The van der Waals surface area contributed by atoms with E-state index in [0.717, 1.165) is 54.7 Å². The van der Waals surface area contributed by atoms with E-state index >= 15 is 4.39 Å². The van der Waals surface area contributed by atoms with E-state index in [1.54, 1.807) is 23.9 Å². The van der Waals surface area contributed by atoms with Crippen molar-refractivity contribution in [3.8, 4) is 0 Å². The van der Waals surface area contributed by atoms with Gasteiger partial charge < -0.3 is 9.64 Å². The van der Waals surface area contributed by atoms with Gasteiger partial charge in [-0.1, -0.05) is 61.7 Å². The summed E-state index contributed by atoms with van der Waals surface area (Å²) in [4.78, 5) is 11.7. The lowest BCUT2D eigenvalue weighted by atomic mass is 9.96. The summed E-state index contributed by atoms with van der Waals surface area (Å²) in [5, 5.41) is 3.65. The van der Waals surface area contributed by atoms with Gasteiger partial charge in [0.1, 0.15) is 5.83 Å². The standard InChI is InChI=1S/C25H30FN3OS2/c1-5-20(16-22(26)18(2)21-10-8-6-7-9-11-21)19(3)23-17-32-24(27-23)28-25(31-4)29-12-14-30-15-13-29/h5-8,10-11,16-17,19H,1,9,12-15H2,2-4H3/b20-16+,22-18-,28-25+. The Morgan fingerprint density at radius 2 is 2.16 bits per heavy atom. The van der Waals surface area contributed by atoms with Crippen LogP contribution < -0.4 is 0 Å². The van der Waals surface area contributed by atoms with Gasteiger partial charge in [0.15, 0.2) is 5.17 Å². The Bertz CT molecular complexity index is 995. The van der Waals surface area contributed by atoms with Crippen molar-refractivity contribution in [3.63, 3.8) is 0 Å². The van der Waals surface area contributed by atoms with Crippen LogP contribution in [0.2, 0.25) is 0 Å². The molecule has 0 bridgehead atoms. The molecule has 1 aromatic rings. The van der Waals surface area contributed by atoms with Gasteiger partial charge in [0.25, 0.3) is 0 Å². The number of halogens is 1. The average molecular weight is 472 g/mol. The van der Waals surface area contributed by atoms with Crippen LogP contribution in [0, 0.1) is 0 Å². The minimum Gasteiger partial charge on any atom is -0.378 e. The highest BCUT2D eigenvalue weighted by molar-refractivity contribution is 8.13. The minimum atomic E-state index is -0.255. The van der Waals surface area contributed by atoms with Crippen LogP contribution in [0.5, 0.6) is 0 Å². The Morgan fingerprint density at radius 1 is 1.38 bits per heavy atom. The number of nitrogens with zero attached hydrogens (tertiary/aromatic N) is 3. The lowest BCUT2D eigenvalue weighted by Gasteiger charge is -2.28. The molecular formula is C25H30FN3OS2. The summed E-state index contributed by atoms with van der Waals surface area (Å²) < 4.78 is 20.5. The summed E-state index contributed by atoms with van der Waals surface area (Å²) in [5.74, 6) is -0.345. The molecule has 0 N–H and O–H groups in total. The first-order chi connectivity index (χ1) is 15.5. The molecular weight excluding hydrogens is 441 g/mol. The second kappa shape index (κ2) is 12.1. The van der Waals surface area contributed by atoms with E-state index in [1.165, 1.54) is 11.3 Å². The van der Waals surface area contributed by atoms with Gasteiger partial charge in [-0.05, 0) is 42.4 Å². The van der Waals surface area contributed by atoms with Gasteiger partial charge in [-0.2, -0.15) is 4.99 Å². The molecule has 1 aromatic heterocycles. The lowest BCUT2D eigenvalue weighted by molar-refractivity contribution is 0.0694. The topological polar surface area (TPSA) is 37.7 Å². The quantitative estimate of drug-likeness (QED) is 0.262. The van der Waals surface area contributed by atoms with Crippen LogP contribution in [-0.2, 0) is 4.74 Å². The van der Waals surface area contributed by atoms with E-state index in [9.17, 15) is 0 Å². The van der Waals surface area contributed by atoms with E-state index < -0.39 is 0 Å². The van der Waals surface area contributed by atoms with Crippen molar-refractivity contribution < 1.29 is 9.13 Å². The van der Waals surface area contributed by atoms with Gasteiger partial charge in [0.05, 0.1) is 18.9 Å². The number of allylic oxidation sites excluding steroid dienone is 11. The van der Waals surface area contributed by atoms with E-state index in [0.29, 0.717) is 10.7 Å². The molecule has 2 heterocycles. The van der Waals surface area contributed by atoms with E-state index in [4.69, 9.17) is 14.7 Å². The Morgan fingerprint density at radius 3 is 2.88 bits per heavy atom. The normalized spacial score (nSPS) is 19.4. The number of thioether (sulfide) groups is 1. The highest BCUT2D eigenvalue weighted by atomic mass is 32.2. The summed E-state index contributed by atoms with van der Waals surface area (Å²) in [6.45, 7) is 10.8. The molecule has 170 valence electrons. The van der Waals surface area contributed by atoms with Crippen LogP contribution in [-0.4, -0.2) is 47.6 Å². The molecule has 32 heavy (non-hydrogen) atoms. The van der Waals surface area contributed by atoms with Crippen molar-refractivity contribution in [2.24, 2.45) is 4.99 Å². The van der Waals surface area contributed by atoms with Crippen LogP contribution in [0.1, 0.15) is 31.9 Å². The van der Waals surface area contributed by atoms with Crippen LogP contribution in [0.15, 0.2) is 82.0 Å². The van der Waals surface area contributed by atoms with Crippen molar-refractivity contribution in [1.82, 2.24) is 9.88 Å². The predicted molar refractivity (Wildman–Crippen MR) is 137 cm³/mol. The van der Waals surface area contributed by atoms with Gasteiger partial charge in [-0.25, -0.2) is 9.37 Å². The fourth-order valence-corrected chi connectivity index (χ4v) is 4.85. The second-order valence-corrected chi connectivity index (χ2v) is 9.09. The summed E-state index contributed by atoms with van der Waals surface area (Å²) in [7, 11) is 0. The Kier molecular flexibility index (Phi) is 9.26. The fourth-order valence-electron chi connectivity index (χ4n) is 3.39. The van der Waals surface area contributed by atoms with Crippen LogP contribution in [0.3, 0.4) is 0 Å². The van der Waals surface area contributed by atoms with E-state index in [1.807, 2.05) is 55.9 Å². The molecule has 1 fully saturated rings. The molecule has 1 aliphatic carbocycles. The summed E-state index contributed by atoms with van der Waals surface area (Å²) in [6.07, 6.45) is 16.0. The maximum atomic E-state index is 15.1. The number of aliphatic imine (C=N–C) groups is 1. The van der Waals surface area contributed by atoms with Crippen molar-refractivity contribution in [2.75, 3.05) is 32.6 Å². The van der Waals surface area contributed by atoms with Gasteiger partial charge in [-0.15, -0.1) is 11.3 Å². The highest BCUT2D eigenvalue weighted by Crippen LogP contribution is 2.32. The molecule has 0 aromatic carbocycles. The Balaban J connectivity index is 1.79. The molecule has 0 amide bonds. The summed E-state index contributed by atoms with van der Waals surface area (Å²) in [5.41, 5.74) is 3.18. The molecule has 0 spiro atoms. The third-order valence-corrected chi connectivity index (χ3v) is 6.89. The van der Waals surface area contributed by atoms with Crippen LogP contribution >= 0.6 is 23.1 Å². The number of rotatable bonds is 6. The third kappa shape index (κ3) is 6.40. The van der Waals surface area contributed by atoms with Crippen molar-refractivity contribution in [3.05, 3.63) is 82.7 Å². The molecule has 3 rings (SSSR count). The predicted octanol–water partition coefficient (Wildman–Crippen LogP) is 6.73. The van der Waals surface area contributed by atoms with Crippen molar-refractivity contribution in [2.45, 2.75) is 26.2 Å². The largest absolute Gasteiger partial charge is 0.378 e. The number of hydrogen-bond acceptors (Lipinski definition) is 5. The van der Waals surface area contributed by atoms with Crippen LogP contribution in [0.4, 0.5) is 9.52 Å². The number of aromatic nitrogens is 1.